The maximum atomic E-state index is 13.0. The van der Waals surface area contributed by atoms with Crippen LogP contribution >= 0.6 is 0 Å². The first kappa shape index (κ1) is 19.5. The van der Waals surface area contributed by atoms with Crippen LogP contribution in [0.25, 0.3) is 0 Å². The third-order valence-electron chi connectivity index (χ3n) is 4.79. The Hall–Kier alpha value is -3.22. The summed E-state index contributed by atoms with van der Waals surface area (Å²) in [6.45, 7) is 0.499. The first-order valence-electron chi connectivity index (χ1n) is 9.07. The number of likely N-dealkylation sites (tertiary alicyclic amines) is 1. The van der Waals surface area contributed by atoms with Crippen molar-refractivity contribution in [2.45, 2.75) is 18.9 Å². The van der Waals surface area contributed by atoms with Crippen LogP contribution < -0.4 is 19.9 Å². The monoisotopic (exact) mass is 384 g/mol. The van der Waals surface area contributed by atoms with Crippen molar-refractivity contribution in [2.24, 2.45) is 5.73 Å². The lowest BCUT2D eigenvalue weighted by Gasteiger charge is -2.26. The first-order chi connectivity index (χ1) is 13.5. The average Bonchev–Trinajstić information content (AvgIpc) is 3.21. The van der Waals surface area contributed by atoms with Gasteiger partial charge in [0.15, 0.2) is 18.1 Å². The van der Waals surface area contributed by atoms with Gasteiger partial charge in [0.05, 0.1) is 20.3 Å². The maximum absolute atomic E-state index is 13.0. The Labute approximate surface area is 164 Å². The van der Waals surface area contributed by atoms with Gasteiger partial charge >= 0.3 is 0 Å². The number of hydrogen-bond donors (Lipinski definition) is 1. The number of methoxy groups -OCH3 is 2. The lowest BCUT2D eigenvalue weighted by molar-refractivity contribution is -0.119. The van der Waals surface area contributed by atoms with Gasteiger partial charge in [0, 0.05) is 12.1 Å². The lowest BCUT2D eigenvalue weighted by atomic mass is 10.0. The van der Waals surface area contributed by atoms with Crippen LogP contribution in [0.3, 0.4) is 0 Å². The molecule has 28 heavy (non-hydrogen) atoms. The predicted molar refractivity (Wildman–Crippen MR) is 104 cm³/mol. The molecule has 1 fully saturated rings. The van der Waals surface area contributed by atoms with Crippen molar-refractivity contribution in [2.75, 3.05) is 27.4 Å². The number of hydrogen-bond acceptors (Lipinski definition) is 5. The van der Waals surface area contributed by atoms with Crippen molar-refractivity contribution in [1.82, 2.24) is 4.90 Å². The van der Waals surface area contributed by atoms with E-state index in [4.69, 9.17) is 19.9 Å². The zero-order valence-corrected chi connectivity index (χ0v) is 16.0. The molecule has 0 aromatic heterocycles. The van der Waals surface area contributed by atoms with Crippen LogP contribution in [0.4, 0.5) is 0 Å². The standard InChI is InChI=1S/C21H24N2O5/c1-26-18-10-7-15(12-19(18)27-2)17-4-3-11-23(17)21(25)14-5-8-16(9-6-14)28-13-20(22)24/h5-10,12,17H,3-4,11,13H2,1-2H3,(H2,22,24). The molecule has 2 N–H and O–H groups in total. The highest BCUT2D eigenvalue weighted by Gasteiger charge is 2.31. The lowest BCUT2D eigenvalue weighted by Crippen LogP contribution is -2.30. The number of nitrogens with zero attached hydrogens (tertiary/aromatic N) is 1. The molecule has 0 aliphatic carbocycles. The molecule has 1 heterocycles. The van der Waals surface area contributed by atoms with Gasteiger partial charge in [-0.2, -0.15) is 0 Å². The molecular weight excluding hydrogens is 360 g/mol. The third-order valence-corrected chi connectivity index (χ3v) is 4.79. The number of benzene rings is 2. The molecule has 2 amide bonds. The van der Waals surface area contributed by atoms with Crippen LogP contribution in [-0.4, -0.2) is 44.1 Å². The summed E-state index contributed by atoms with van der Waals surface area (Å²) in [6, 6.07) is 12.5. The molecular formula is C21H24N2O5. The van der Waals surface area contributed by atoms with Gasteiger partial charge in [0.2, 0.25) is 0 Å². The average molecular weight is 384 g/mol. The van der Waals surface area contributed by atoms with Gasteiger partial charge in [-0.25, -0.2) is 0 Å². The molecule has 1 saturated heterocycles. The molecule has 0 spiro atoms. The third kappa shape index (κ3) is 4.19. The predicted octanol–water partition coefficient (Wildman–Crippen LogP) is 2.55. The Kier molecular flexibility index (Phi) is 6.03. The summed E-state index contributed by atoms with van der Waals surface area (Å²) in [6.07, 6.45) is 1.82. The Morgan fingerprint density at radius 1 is 1.07 bits per heavy atom. The molecule has 1 unspecified atom stereocenters. The number of rotatable bonds is 7. The number of nitrogens with two attached hydrogens (primary N) is 1. The van der Waals surface area contributed by atoms with Crippen LogP contribution in [0.1, 0.15) is 34.8 Å². The van der Waals surface area contributed by atoms with Crippen molar-refractivity contribution in [3.63, 3.8) is 0 Å². The van der Waals surface area contributed by atoms with Gasteiger partial charge in [-0.1, -0.05) is 6.07 Å². The molecule has 1 atom stereocenters. The smallest absolute Gasteiger partial charge is 0.255 e. The van der Waals surface area contributed by atoms with Crippen LogP contribution in [0.15, 0.2) is 42.5 Å². The molecule has 0 saturated carbocycles. The van der Waals surface area contributed by atoms with E-state index >= 15 is 0 Å². The van der Waals surface area contributed by atoms with E-state index in [-0.39, 0.29) is 18.6 Å². The SMILES string of the molecule is COc1ccc(C2CCCN2C(=O)c2ccc(OCC(N)=O)cc2)cc1OC. The fourth-order valence-corrected chi connectivity index (χ4v) is 3.43. The molecule has 7 heteroatoms. The highest BCUT2D eigenvalue weighted by molar-refractivity contribution is 5.94. The number of carbonyl (C=O) groups excluding carboxylic acids is 2. The van der Waals surface area contributed by atoms with Gasteiger partial charge < -0.3 is 24.8 Å². The van der Waals surface area contributed by atoms with E-state index in [0.29, 0.717) is 29.4 Å². The van der Waals surface area contributed by atoms with Crippen molar-refractivity contribution >= 4 is 11.8 Å². The number of amides is 2. The van der Waals surface area contributed by atoms with E-state index in [2.05, 4.69) is 0 Å². The van der Waals surface area contributed by atoms with E-state index in [1.54, 1.807) is 38.5 Å². The fraction of sp³-hybridized carbons (Fsp3) is 0.333. The molecule has 0 bridgehead atoms. The van der Waals surface area contributed by atoms with Gasteiger partial charge in [-0.15, -0.1) is 0 Å². The quantitative estimate of drug-likeness (QED) is 0.792. The molecule has 3 rings (SSSR count). The maximum Gasteiger partial charge on any atom is 0.255 e. The molecule has 2 aromatic carbocycles. The molecule has 0 radical (unpaired) electrons. The van der Waals surface area contributed by atoms with Crippen LogP contribution in [-0.2, 0) is 4.79 Å². The Morgan fingerprint density at radius 3 is 2.43 bits per heavy atom. The summed E-state index contributed by atoms with van der Waals surface area (Å²) in [5, 5.41) is 0. The zero-order chi connectivity index (χ0) is 20.1. The van der Waals surface area contributed by atoms with E-state index in [1.165, 1.54) is 0 Å². The minimum absolute atomic E-state index is 0.0157. The van der Waals surface area contributed by atoms with Crippen molar-refractivity contribution in [3.8, 4) is 17.2 Å². The van der Waals surface area contributed by atoms with Crippen LogP contribution in [0.5, 0.6) is 17.2 Å². The van der Waals surface area contributed by atoms with Gasteiger partial charge in [0.25, 0.3) is 11.8 Å². The van der Waals surface area contributed by atoms with E-state index in [0.717, 1.165) is 18.4 Å². The number of ether oxygens (including phenoxy) is 3. The van der Waals surface area contributed by atoms with E-state index in [9.17, 15) is 9.59 Å². The summed E-state index contributed by atoms with van der Waals surface area (Å²) in [5.41, 5.74) is 6.66. The Morgan fingerprint density at radius 2 is 1.79 bits per heavy atom. The van der Waals surface area contributed by atoms with E-state index < -0.39 is 5.91 Å². The van der Waals surface area contributed by atoms with Crippen LogP contribution in [0, 0.1) is 0 Å². The second-order valence-electron chi connectivity index (χ2n) is 6.55. The van der Waals surface area contributed by atoms with Gasteiger partial charge in [0.1, 0.15) is 5.75 Å². The summed E-state index contributed by atoms with van der Waals surface area (Å²) >= 11 is 0. The largest absolute Gasteiger partial charge is 0.493 e. The van der Waals surface area contributed by atoms with Gasteiger partial charge in [-0.05, 0) is 54.8 Å². The topological polar surface area (TPSA) is 91.1 Å². The summed E-state index contributed by atoms with van der Waals surface area (Å²) in [7, 11) is 3.20. The molecule has 1 aliphatic rings. The second kappa shape index (κ2) is 8.65. The molecule has 7 nitrogen and oxygen atoms in total. The van der Waals surface area contributed by atoms with Crippen molar-refractivity contribution in [1.29, 1.82) is 0 Å². The summed E-state index contributed by atoms with van der Waals surface area (Å²) in [4.78, 5) is 25.7. The van der Waals surface area contributed by atoms with Crippen LogP contribution in [0.2, 0.25) is 0 Å². The number of carbonyl (C=O) groups is 2. The van der Waals surface area contributed by atoms with E-state index in [1.807, 2.05) is 23.1 Å². The highest BCUT2D eigenvalue weighted by Crippen LogP contribution is 2.37. The molecule has 2 aromatic rings. The highest BCUT2D eigenvalue weighted by atomic mass is 16.5. The number of primary amides is 1. The zero-order valence-electron chi connectivity index (χ0n) is 16.0. The Balaban J connectivity index is 1.77. The fourth-order valence-electron chi connectivity index (χ4n) is 3.43. The minimum atomic E-state index is -0.546. The normalized spacial score (nSPS) is 15.9. The summed E-state index contributed by atoms with van der Waals surface area (Å²) in [5.74, 6) is 1.21. The van der Waals surface area contributed by atoms with Gasteiger partial charge in [-0.3, -0.25) is 9.59 Å². The molecule has 148 valence electrons. The van der Waals surface area contributed by atoms with Crippen molar-refractivity contribution < 1.29 is 23.8 Å². The van der Waals surface area contributed by atoms with Crippen molar-refractivity contribution in [3.05, 3.63) is 53.6 Å². The second-order valence-corrected chi connectivity index (χ2v) is 6.55. The summed E-state index contributed by atoms with van der Waals surface area (Å²) < 4.78 is 15.9. The molecule has 1 aliphatic heterocycles. The minimum Gasteiger partial charge on any atom is -0.493 e. The first-order valence-corrected chi connectivity index (χ1v) is 9.07. The Bertz CT molecular complexity index is 850.